The molecule has 0 amide bonds. The Labute approximate surface area is 87.5 Å². The molecule has 1 aliphatic rings. The Morgan fingerprint density at radius 1 is 1.27 bits per heavy atom. The molecule has 82 valence electrons. The molecule has 1 saturated heterocycles. The lowest BCUT2D eigenvalue weighted by Crippen LogP contribution is -2.57. The molecule has 1 aliphatic heterocycles. The molecule has 4 nitrogen and oxygen atoms in total. The minimum atomic E-state index is -3.47. The Hall–Kier alpha value is -0.980. The maximum Gasteiger partial charge on any atom is 0.243 e. The van der Waals surface area contributed by atoms with E-state index in [0.717, 1.165) is 12.1 Å². The van der Waals surface area contributed by atoms with Gasteiger partial charge in [0.05, 0.1) is 4.90 Å². The van der Waals surface area contributed by atoms with Crippen LogP contribution >= 0.6 is 0 Å². The summed E-state index contributed by atoms with van der Waals surface area (Å²) in [5.74, 6) is -0.450. The van der Waals surface area contributed by atoms with Crippen molar-refractivity contribution in [3.63, 3.8) is 0 Å². The van der Waals surface area contributed by atoms with Crippen molar-refractivity contribution in [2.45, 2.75) is 10.9 Å². The van der Waals surface area contributed by atoms with Gasteiger partial charge >= 0.3 is 0 Å². The molecule has 6 heteroatoms. The Morgan fingerprint density at radius 3 is 2.27 bits per heavy atom. The third kappa shape index (κ3) is 1.88. The van der Waals surface area contributed by atoms with Crippen molar-refractivity contribution in [1.82, 2.24) is 4.31 Å². The Morgan fingerprint density at radius 2 is 1.80 bits per heavy atom. The number of hydrogen-bond acceptors (Lipinski definition) is 3. The molecule has 0 atom stereocenters. The van der Waals surface area contributed by atoms with Gasteiger partial charge in [0.25, 0.3) is 0 Å². The summed E-state index contributed by atoms with van der Waals surface area (Å²) in [4.78, 5) is 0.107. The molecule has 0 aromatic heterocycles. The number of nitrogens with zero attached hydrogens (tertiary/aromatic N) is 1. The number of rotatable bonds is 2. The zero-order valence-electron chi connectivity index (χ0n) is 7.93. The summed E-state index contributed by atoms with van der Waals surface area (Å²) in [6.45, 7) is 0.666. The predicted octanol–water partition coefficient (Wildman–Crippen LogP) is 0.157. The molecular formula is C9H11FN2O2S. The first-order chi connectivity index (χ1) is 7.00. The molecule has 2 rings (SSSR count). The summed E-state index contributed by atoms with van der Waals surface area (Å²) in [5, 5.41) is 0. The van der Waals surface area contributed by atoms with Crippen LogP contribution in [0.4, 0.5) is 4.39 Å². The summed E-state index contributed by atoms with van der Waals surface area (Å²) >= 11 is 0. The second kappa shape index (κ2) is 3.55. The van der Waals surface area contributed by atoms with Gasteiger partial charge in [-0.05, 0) is 24.3 Å². The van der Waals surface area contributed by atoms with Gasteiger partial charge in [-0.25, -0.2) is 12.8 Å². The van der Waals surface area contributed by atoms with Crippen LogP contribution < -0.4 is 5.73 Å². The molecule has 15 heavy (non-hydrogen) atoms. The lowest BCUT2D eigenvalue weighted by Gasteiger charge is -2.35. The summed E-state index contributed by atoms with van der Waals surface area (Å²) in [5.41, 5.74) is 5.50. The number of hydrogen-bond donors (Lipinski definition) is 1. The first-order valence-corrected chi connectivity index (χ1v) is 5.95. The van der Waals surface area contributed by atoms with E-state index in [0.29, 0.717) is 13.1 Å². The van der Waals surface area contributed by atoms with Crippen LogP contribution in [0.2, 0.25) is 0 Å². The largest absolute Gasteiger partial charge is 0.325 e. The molecule has 1 aromatic rings. The highest BCUT2D eigenvalue weighted by molar-refractivity contribution is 7.89. The molecule has 0 radical (unpaired) electrons. The molecule has 1 aromatic carbocycles. The SMILES string of the molecule is NC1CN(S(=O)(=O)c2ccc(F)cc2)C1. The van der Waals surface area contributed by atoms with Crippen molar-refractivity contribution in [3.8, 4) is 0 Å². The fourth-order valence-electron chi connectivity index (χ4n) is 1.42. The van der Waals surface area contributed by atoms with Gasteiger partial charge in [-0.2, -0.15) is 4.31 Å². The fraction of sp³-hybridized carbons (Fsp3) is 0.333. The van der Waals surface area contributed by atoms with Crippen molar-refractivity contribution in [2.24, 2.45) is 5.73 Å². The van der Waals surface area contributed by atoms with Gasteiger partial charge in [0.2, 0.25) is 10.0 Å². The van der Waals surface area contributed by atoms with Crippen molar-refractivity contribution >= 4 is 10.0 Å². The molecule has 2 N–H and O–H groups in total. The van der Waals surface area contributed by atoms with Gasteiger partial charge in [-0.15, -0.1) is 0 Å². The third-order valence-corrected chi connectivity index (χ3v) is 4.17. The van der Waals surface area contributed by atoms with E-state index in [4.69, 9.17) is 5.73 Å². The summed E-state index contributed by atoms with van der Waals surface area (Å²) in [6.07, 6.45) is 0. The van der Waals surface area contributed by atoms with E-state index in [1.54, 1.807) is 0 Å². The van der Waals surface area contributed by atoms with Crippen molar-refractivity contribution in [2.75, 3.05) is 13.1 Å². The van der Waals surface area contributed by atoms with Crippen molar-refractivity contribution in [1.29, 1.82) is 0 Å². The second-order valence-electron chi connectivity index (χ2n) is 3.54. The zero-order valence-corrected chi connectivity index (χ0v) is 8.74. The zero-order chi connectivity index (χ0) is 11.1. The summed E-state index contributed by atoms with van der Waals surface area (Å²) in [6, 6.07) is 4.70. The van der Waals surface area contributed by atoms with E-state index in [9.17, 15) is 12.8 Å². The van der Waals surface area contributed by atoms with Gasteiger partial charge in [-0.3, -0.25) is 0 Å². The number of nitrogens with two attached hydrogens (primary N) is 1. The fourth-order valence-corrected chi connectivity index (χ4v) is 2.98. The van der Waals surface area contributed by atoms with Crippen LogP contribution in [0.25, 0.3) is 0 Å². The molecule has 0 aliphatic carbocycles. The average molecular weight is 230 g/mol. The maximum atomic E-state index is 12.6. The molecule has 1 fully saturated rings. The monoisotopic (exact) mass is 230 g/mol. The topological polar surface area (TPSA) is 63.4 Å². The van der Waals surface area contributed by atoms with Gasteiger partial charge < -0.3 is 5.73 Å². The van der Waals surface area contributed by atoms with Crippen LogP contribution in [0.15, 0.2) is 29.2 Å². The predicted molar refractivity (Wildman–Crippen MR) is 53.1 cm³/mol. The number of sulfonamides is 1. The lowest BCUT2D eigenvalue weighted by atomic mass is 10.2. The van der Waals surface area contributed by atoms with Crippen LogP contribution in [0.5, 0.6) is 0 Å². The van der Waals surface area contributed by atoms with Crippen LogP contribution in [0.1, 0.15) is 0 Å². The van der Waals surface area contributed by atoms with E-state index in [-0.39, 0.29) is 10.9 Å². The van der Waals surface area contributed by atoms with Gasteiger partial charge in [-0.1, -0.05) is 0 Å². The normalized spacial score (nSPS) is 18.8. The van der Waals surface area contributed by atoms with E-state index in [1.165, 1.54) is 16.4 Å². The van der Waals surface area contributed by atoms with Gasteiger partial charge in [0.15, 0.2) is 0 Å². The first-order valence-electron chi connectivity index (χ1n) is 4.51. The number of halogens is 1. The Kier molecular flexibility index (Phi) is 2.49. The van der Waals surface area contributed by atoms with Crippen molar-refractivity contribution < 1.29 is 12.8 Å². The minimum Gasteiger partial charge on any atom is -0.325 e. The minimum absolute atomic E-state index is 0.0831. The Bertz CT molecular complexity index is 452. The highest BCUT2D eigenvalue weighted by atomic mass is 32.2. The van der Waals surface area contributed by atoms with Crippen LogP contribution in [0, 0.1) is 5.82 Å². The number of benzene rings is 1. The van der Waals surface area contributed by atoms with Crippen LogP contribution in [-0.4, -0.2) is 31.9 Å². The molecule has 0 unspecified atom stereocenters. The lowest BCUT2D eigenvalue weighted by molar-refractivity contribution is 0.265. The van der Waals surface area contributed by atoms with Crippen molar-refractivity contribution in [3.05, 3.63) is 30.1 Å². The molecular weight excluding hydrogens is 219 g/mol. The Balaban J connectivity index is 2.26. The quantitative estimate of drug-likeness (QED) is 0.787. The first kappa shape index (κ1) is 10.5. The average Bonchev–Trinajstić information content (AvgIpc) is 2.13. The van der Waals surface area contributed by atoms with Crippen LogP contribution in [-0.2, 0) is 10.0 Å². The molecule has 0 saturated carbocycles. The highest BCUT2D eigenvalue weighted by Gasteiger charge is 2.34. The molecule has 0 spiro atoms. The summed E-state index contributed by atoms with van der Waals surface area (Å²) in [7, 11) is -3.47. The smallest absolute Gasteiger partial charge is 0.243 e. The highest BCUT2D eigenvalue weighted by Crippen LogP contribution is 2.20. The van der Waals surface area contributed by atoms with Crippen LogP contribution in [0.3, 0.4) is 0 Å². The third-order valence-electron chi connectivity index (χ3n) is 2.33. The van der Waals surface area contributed by atoms with E-state index >= 15 is 0 Å². The standard InChI is InChI=1S/C9H11FN2O2S/c10-7-1-3-9(4-2-7)15(13,14)12-5-8(11)6-12/h1-4,8H,5-6,11H2. The second-order valence-corrected chi connectivity index (χ2v) is 5.47. The van der Waals surface area contributed by atoms with E-state index < -0.39 is 15.8 Å². The molecule has 0 bridgehead atoms. The van der Waals surface area contributed by atoms with Gasteiger partial charge in [0.1, 0.15) is 5.82 Å². The maximum absolute atomic E-state index is 12.6. The summed E-state index contributed by atoms with van der Waals surface area (Å²) < 4.78 is 37.5. The van der Waals surface area contributed by atoms with E-state index in [1.807, 2.05) is 0 Å². The van der Waals surface area contributed by atoms with Gasteiger partial charge in [0, 0.05) is 19.1 Å². The molecule has 1 heterocycles. The van der Waals surface area contributed by atoms with E-state index in [2.05, 4.69) is 0 Å².